The fourth-order valence-electron chi connectivity index (χ4n) is 1.05. The highest BCUT2D eigenvalue weighted by Crippen LogP contribution is 2.18. The topological polar surface area (TPSA) is 20.2 Å². The molecule has 0 aliphatic rings. The van der Waals surface area contributed by atoms with E-state index in [1.54, 1.807) is 19.1 Å². The molecule has 2 heteroatoms. The van der Waals surface area contributed by atoms with Crippen LogP contribution in [-0.2, 0) is 0 Å². The molecular weight excluding hydrogens is 196 g/mol. The molecule has 1 atom stereocenters. The van der Waals surface area contributed by atoms with Gasteiger partial charge in [0.2, 0.25) is 0 Å². The molecule has 0 aliphatic heterocycles. The van der Waals surface area contributed by atoms with Crippen molar-refractivity contribution in [2.75, 3.05) is 0 Å². The summed E-state index contributed by atoms with van der Waals surface area (Å²) >= 11 is 5.94. The van der Waals surface area contributed by atoms with Gasteiger partial charge in [-0.2, -0.15) is 0 Å². The van der Waals surface area contributed by atoms with E-state index in [2.05, 4.69) is 5.92 Å². The maximum atomic E-state index is 9.33. The third-order valence-corrected chi connectivity index (χ3v) is 2.22. The van der Waals surface area contributed by atoms with Gasteiger partial charge in [0.05, 0.1) is 0 Å². The van der Waals surface area contributed by atoms with Crippen LogP contribution in [-0.4, -0.2) is 11.2 Å². The van der Waals surface area contributed by atoms with Gasteiger partial charge in [-0.1, -0.05) is 41.8 Å². The maximum Gasteiger partial charge on any atom is 0.136 e. The molecule has 0 aliphatic carbocycles. The Hall–Kier alpha value is -1.23. The minimum absolute atomic E-state index is 0.649. The molecule has 1 aromatic carbocycles. The van der Waals surface area contributed by atoms with Crippen LogP contribution in [0.1, 0.15) is 12.5 Å². The van der Waals surface area contributed by atoms with Crippen molar-refractivity contribution in [1.29, 1.82) is 0 Å². The molecule has 1 nitrogen and oxygen atoms in total. The molecule has 1 aromatic rings. The molecule has 14 heavy (non-hydrogen) atoms. The molecule has 72 valence electrons. The van der Waals surface area contributed by atoms with Crippen molar-refractivity contribution < 1.29 is 5.11 Å². The van der Waals surface area contributed by atoms with Crippen molar-refractivity contribution in [2.45, 2.75) is 13.0 Å². The number of benzene rings is 1. The highest BCUT2D eigenvalue weighted by atomic mass is 35.5. The fourth-order valence-corrected chi connectivity index (χ4v) is 1.24. The van der Waals surface area contributed by atoms with Gasteiger partial charge in [0, 0.05) is 5.02 Å². The average molecular weight is 207 g/mol. The van der Waals surface area contributed by atoms with Crippen molar-refractivity contribution in [2.24, 2.45) is 0 Å². The standard InChI is InChI=1S/C12H11ClO/c1-3-12(14)9(2)8-10-6-4-5-7-11(10)13/h1,4-8,12,14H,2H3. The SMILES string of the molecule is C#CC(O)C(C)=Cc1ccccc1Cl. The molecule has 0 saturated heterocycles. The number of halogens is 1. The summed E-state index contributed by atoms with van der Waals surface area (Å²) in [7, 11) is 0. The lowest BCUT2D eigenvalue weighted by molar-refractivity contribution is 0.269. The first-order chi connectivity index (χ1) is 6.65. The van der Waals surface area contributed by atoms with E-state index in [0.29, 0.717) is 10.6 Å². The van der Waals surface area contributed by atoms with E-state index >= 15 is 0 Å². The molecular formula is C12H11ClO. The van der Waals surface area contributed by atoms with Crippen LogP contribution in [0.5, 0.6) is 0 Å². The first-order valence-corrected chi connectivity index (χ1v) is 4.60. The third kappa shape index (κ3) is 2.63. The number of aliphatic hydroxyl groups is 1. The van der Waals surface area contributed by atoms with Gasteiger partial charge >= 0.3 is 0 Å². The summed E-state index contributed by atoms with van der Waals surface area (Å²) in [5.74, 6) is 2.25. The third-order valence-electron chi connectivity index (χ3n) is 1.88. The predicted molar refractivity (Wildman–Crippen MR) is 59.9 cm³/mol. The van der Waals surface area contributed by atoms with Gasteiger partial charge < -0.3 is 5.11 Å². The second-order valence-corrected chi connectivity index (χ2v) is 3.39. The molecule has 0 radical (unpaired) electrons. The maximum absolute atomic E-state index is 9.33. The van der Waals surface area contributed by atoms with Gasteiger partial charge in [0.15, 0.2) is 0 Å². The zero-order valence-corrected chi connectivity index (χ0v) is 8.62. The Bertz CT molecular complexity index is 388. The molecule has 0 saturated carbocycles. The molecule has 1 N–H and O–H groups in total. The number of terminal acetylenes is 1. The second kappa shape index (κ2) is 4.85. The number of rotatable bonds is 2. The van der Waals surface area contributed by atoms with E-state index in [4.69, 9.17) is 18.0 Å². The van der Waals surface area contributed by atoms with Crippen molar-refractivity contribution in [1.82, 2.24) is 0 Å². The molecule has 1 rings (SSSR count). The zero-order chi connectivity index (χ0) is 10.6. The normalized spacial score (nSPS) is 13.4. The van der Waals surface area contributed by atoms with Crippen LogP contribution in [0.2, 0.25) is 5.02 Å². The monoisotopic (exact) mass is 206 g/mol. The Kier molecular flexibility index (Phi) is 3.76. The molecule has 1 unspecified atom stereocenters. The average Bonchev–Trinajstić information content (AvgIpc) is 2.20. The van der Waals surface area contributed by atoms with E-state index in [1.807, 2.05) is 18.2 Å². The quantitative estimate of drug-likeness (QED) is 0.738. The van der Waals surface area contributed by atoms with Crippen LogP contribution in [0.4, 0.5) is 0 Å². The molecule has 0 fully saturated rings. The van der Waals surface area contributed by atoms with E-state index in [0.717, 1.165) is 5.56 Å². The largest absolute Gasteiger partial charge is 0.376 e. The minimum atomic E-state index is -0.841. The molecule has 0 aromatic heterocycles. The van der Waals surface area contributed by atoms with Crippen molar-refractivity contribution in [3.63, 3.8) is 0 Å². The zero-order valence-electron chi connectivity index (χ0n) is 7.87. The van der Waals surface area contributed by atoms with E-state index in [-0.39, 0.29) is 0 Å². The van der Waals surface area contributed by atoms with Crippen LogP contribution >= 0.6 is 11.6 Å². The Morgan fingerprint density at radius 3 is 2.79 bits per heavy atom. The van der Waals surface area contributed by atoms with Gasteiger partial charge in [-0.25, -0.2) is 0 Å². The first-order valence-electron chi connectivity index (χ1n) is 4.22. The van der Waals surface area contributed by atoms with Gasteiger partial charge in [-0.15, -0.1) is 6.42 Å². The second-order valence-electron chi connectivity index (χ2n) is 2.98. The van der Waals surface area contributed by atoms with Crippen molar-refractivity contribution in [3.8, 4) is 12.3 Å². The smallest absolute Gasteiger partial charge is 0.136 e. The van der Waals surface area contributed by atoms with E-state index in [9.17, 15) is 5.11 Å². The van der Waals surface area contributed by atoms with Gasteiger partial charge in [-0.05, 0) is 24.1 Å². The molecule has 0 bridgehead atoms. The van der Waals surface area contributed by atoms with Crippen LogP contribution in [0, 0.1) is 12.3 Å². The fraction of sp³-hybridized carbons (Fsp3) is 0.167. The molecule has 0 spiro atoms. The summed E-state index contributed by atoms with van der Waals surface area (Å²) in [6.07, 6.45) is 6.03. The summed E-state index contributed by atoms with van der Waals surface area (Å²) in [5.41, 5.74) is 1.57. The van der Waals surface area contributed by atoms with Crippen LogP contribution < -0.4 is 0 Å². The summed E-state index contributed by atoms with van der Waals surface area (Å²) in [6.45, 7) is 1.77. The summed E-state index contributed by atoms with van der Waals surface area (Å²) < 4.78 is 0. The van der Waals surface area contributed by atoms with Gasteiger partial charge in [-0.3, -0.25) is 0 Å². The van der Waals surface area contributed by atoms with Crippen LogP contribution in [0.25, 0.3) is 6.08 Å². The number of hydrogen-bond acceptors (Lipinski definition) is 1. The highest BCUT2D eigenvalue weighted by molar-refractivity contribution is 6.32. The minimum Gasteiger partial charge on any atom is -0.376 e. The Morgan fingerprint density at radius 2 is 2.21 bits per heavy atom. The van der Waals surface area contributed by atoms with Gasteiger partial charge in [0.25, 0.3) is 0 Å². The number of hydrogen-bond donors (Lipinski definition) is 1. The molecule has 0 amide bonds. The van der Waals surface area contributed by atoms with E-state index < -0.39 is 6.10 Å². The highest BCUT2D eigenvalue weighted by Gasteiger charge is 2.02. The van der Waals surface area contributed by atoms with E-state index in [1.165, 1.54) is 0 Å². The lowest BCUT2D eigenvalue weighted by atomic mass is 10.1. The Balaban J connectivity index is 2.99. The van der Waals surface area contributed by atoms with Crippen molar-refractivity contribution >= 4 is 17.7 Å². The Morgan fingerprint density at radius 1 is 1.57 bits per heavy atom. The first kappa shape index (κ1) is 10.8. The molecule has 0 heterocycles. The predicted octanol–water partition coefficient (Wildman–Crippen LogP) is 2.74. The number of aliphatic hydroxyl groups excluding tert-OH is 1. The lowest BCUT2D eigenvalue weighted by Gasteiger charge is -2.04. The van der Waals surface area contributed by atoms with Crippen molar-refractivity contribution in [3.05, 3.63) is 40.4 Å². The lowest BCUT2D eigenvalue weighted by Crippen LogP contribution is -2.03. The van der Waals surface area contributed by atoms with Crippen LogP contribution in [0.15, 0.2) is 29.8 Å². The van der Waals surface area contributed by atoms with Gasteiger partial charge in [0.1, 0.15) is 6.10 Å². The van der Waals surface area contributed by atoms with Crippen LogP contribution in [0.3, 0.4) is 0 Å². The Labute approximate surface area is 89.0 Å². The summed E-state index contributed by atoms with van der Waals surface area (Å²) in [6, 6.07) is 7.40. The summed E-state index contributed by atoms with van der Waals surface area (Å²) in [5, 5.41) is 9.98. The summed E-state index contributed by atoms with van der Waals surface area (Å²) in [4.78, 5) is 0.